The maximum absolute atomic E-state index is 11.7. The second-order valence-corrected chi connectivity index (χ2v) is 5.66. The summed E-state index contributed by atoms with van der Waals surface area (Å²) in [5, 5.41) is 4.56. The van der Waals surface area contributed by atoms with Crippen molar-refractivity contribution >= 4 is 27.5 Å². The van der Waals surface area contributed by atoms with Crippen LogP contribution in [0.4, 0.5) is 0 Å². The third-order valence-electron chi connectivity index (χ3n) is 3.83. The molecule has 22 heavy (non-hydrogen) atoms. The fourth-order valence-corrected chi connectivity index (χ4v) is 2.68. The lowest BCUT2D eigenvalue weighted by atomic mass is 9.96. The summed E-state index contributed by atoms with van der Waals surface area (Å²) in [4.78, 5) is 11.7. The number of benzene rings is 3. The molecule has 2 heteroatoms. The van der Waals surface area contributed by atoms with E-state index in [4.69, 9.17) is 4.74 Å². The van der Waals surface area contributed by atoms with Gasteiger partial charge in [-0.3, -0.25) is 0 Å². The van der Waals surface area contributed by atoms with E-state index >= 15 is 0 Å². The Hall–Kier alpha value is -2.61. The van der Waals surface area contributed by atoms with Gasteiger partial charge in [0.25, 0.3) is 0 Å². The second kappa shape index (κ2) is 5.64. The van der Waals surface area contributed by atoms with Crippen LogP contribution < -0.4 is 0 Å². The molecule has 0 aromatic heterocycles. The first-order valence-electron chi connectivity index (χ1n) is 7.30. The van der Waals surface area contributed by atoms with Crippen molar-refractivity contribution in [2.45, 2.75) is 20.5 Å². The Kier molecular flexibility index (Phi) is 3.68. The lowest BCUT2D eigenvalue weighted by molar-refractivity contribution is -0.140. The number of rotatable bonds is 3. The Morgan fingerprint density at radius 1 is 1.05 bits per heavy atom. The van der Waals surface area contributed by atoms with Crippen LogP contribution >= 0.6 is 0 Å². The first-order chi connectivity index (χ1) is 10.6. The van der Waals surface area contributed by atoms with Crippen molar-refractivity contribution in [3.63, 3.8) is 0 Å². The van der Waals surface area contributed by atoms with E-state index in [2.05, 4.69) is 49.9 Å². The standard InChI is InChI=1S/C20H18O2/c1-13(2)20(21)22-12-19-17-7-5-4-6-15(17)11-16-9-8-14(3)10-18(16)19/h4-11H,1,12H2,2-3H3. The van der Waals surface area contributed by atoms with Crippen molar-refractivity contribution < 1.29 is 9.53 Å². The number of ether oxygens (including phenoxy) is 1. The molecule has 0 spiro atoms. The minimum Gasteiger partial charge on any atom is -0.457 e. The van der Waals surface area contributed by atoms with E-state index in [1.807, 2.05) is 12.1 Å². The quantitative estimate of drug-likeness (QED) is 0.389. The molecule has 0 amide bonds. The Bertz CT molecular complexity index is 891. The van der Waals surface area contributed by atoms with Crippen molar-refractivity contribution in [3.05, 3.63) is 71.8 Å². The third-order valence-corrected chi connectivity index (χ3v) is 3.83. The first-order valence-corrected chi connectivity index (χ1v) is 7.30. The van der Waals surface area contributed by atoms with Crippen molar-refractivity contribution in [2.75, 3.05) is 0 Å². The summed E-state index contributed by atoms with van der Waals surface area (Å²) in [5.41, 5.74) is 2.65. The predicted octanol–water partition coefficient (Wildman–Crippen LogP) is 4.92. The fraction of sp³-hybridized carbons (Fsp3) is 0.150. The monoisotopic (exact) mass is 290 g/mol. The van der Waals surface area contributed by atoms with E-state index in [1.165, 1.54) is 5.56 Å². The molecular formula is C20H18O2. The van der Waals surface area contributed by atoms with Crippen LogP contribution in [0, 0.1) is 6.92 Å². The molecule has 0 aliphatic carbocycles. The molecule has 0 radical (unpaired) electrons. The van der Waals surface area contributed by atoms with Gasteiger partial charge in [-0.2, -0.15) is 0 Å². The lowest BCUT2D eigenvalue weighted by Crippen LogP contribution is -2.05. The zero-order valence-electron chi connectivity index (χ0n) is 12.8. The summed E-state index contributed by atoms with van der Waals surface area (Å²) in [5.74, 6) is -0.353. The van der Waals surface area contributed by atoms with Gasteiger partial charge in [0.15, 0.2) is 0 Å². The molecule has 2 nitrogen and oxygen atoms in total. The minimum absolute atomic E-state index is 0.257. The molecule has 0 fully saturated rings. The van der Waals surface area contributed by atoms with Crippen molar-refractivity contribution in [2.24, 2.45) is 0 Å². The molecule has 3 rings (SSSR count). The topological polar surface area (TPSA) is 26.3 Å². The molecule has 0 unspecified atom stereocenters. The van der Waals surface area contributed by atoms with Gasteiger partial charge < -0.3 is 4.74 Å². The Balaban J connectivity index is 2.19. The zero-order valence-corrected chi connectivity index (χ0v) is 12.8. The highest BCUT2D eigenvalue weighted by molar-refractivity contribution is 6.02. The number of aryl methyl sites for hydroxylation is 1. The van der Waals surface area contributed by atoms with Crippen LogP contribution in [0.3, 0.4) is 0 Å². The molecule has 0 aliphatic rings. The maximum Gasteiger partial charge on any atom is 0.333 e. The molecule has 0 bridgehead atoms. The van der Waals surface area contributed by atoms with Gasteiger partial charge in [0.1, 0.15) is 6.61 Å². The van der Waals surface area contributed by atoms with Gasteiger partial charge in [-0.15, -0.1) is 0 Å². The van der Waals surface area contributed by atoms with Crippen molar-refractivity contribution in [3.8, 4) is 0 Å². The average Bonchev–Trinajstić information content (AvgIpc) is 2.51. The number of hydrogen-bond donors (Lipinski definition) is 0. The summed E-state index contributed by atoms with van der Waals surface area (Å²) in [6, 6.07) is 16.7. The van der Waals surface area contributed by atoms with E-state index in [0.29, 0.717) is 5.57 Å². The van der Waals surface area contributed by atoms with Crippen molar-refractivity contribution in [1.29, 1.82) is 0 Å². The largest absolute Gasteiger partial charge is 0.457 e. The summed E-state index contributed by atoms with van der Waals surface area (Å²) in [7, 11) is 0. The van der Waals surface area contributed by atoms with Gasteiger partial charge in [-0.05, 0) is 41.5 Å². The van der Waals surface area contributed by atoms with E-state index in [1.54, 1.807) is 6.92 Å². The molecule has 0 atom stereocenters. The van der Waals surface area contributed by atoms with E-state index < -0.39 is 0 Å². The number of fused-ring (bicyclic) bond motifs is 2. The normalized spacial score (nSPS) is 10.8. The minimum atomic E-state index is -0.353. The highest BCUT2D eigenvalue weighted by Crippen LogP contribution is 2.30. The van der Waals surface area contributed by atoms with Crippen LogP contribution in [0.15, 0.2) is 60.7 Å². The highest BCUT2D eigenvalue weighted by atomic mass is 16.5. The highest BCUT2D eigenvalue weighted by Gasteiger charge is 2.11. The summed E-state index contributed by atoms with van der Waals surface area (Å²) in [6.45, 7) is 7.62. The van der Waals surface area contributed by atoms with Gasteiger partial charge in [-0.25, -0.2) is 4.79 Å². The maximum atomic E-state index is 11.7. The van der Waals surface area contributed by atoms with Crippen molar-refractivity contribution in [1.82, 2.24) is 0 Å². The van der Waals surface area contributed by atoms with E-state index in [9.17, 15) is 4.79 Å². The zero-order chi connectivity index (χ0) is 15.7. The second-order valence-electron chi connectivity index (χ2n) is 5.66. The van der Waals surface area contributed by atoms with Gasteiger partial charge in [-0.1, -0.05) is 54.6 Å². The molecular weight excluding hydrogens is 272 g/mol. The Labute approximate surface area is 130 Å². The smallest absolute Gasteiger partial charge is 0.333 e. The van der Waals surface area contributed by atoms with Crippen LogP contribution in [0.2, 0.25) is 0 Å². The van der Waals surface area contributed by atoms with Gasteiger partial charge >= 0.3 is 5.97 Å². The molecule has 110 valence electrons. The van der Waals surface area contributed by atoms with Crippen LogP contribution in [0.5, 0.6) is 0 Å². The SMILES string of the molecule is C=C(C)C(=O)OCc1c2ccccc2cc2ccc(C)cc12. The van der Waals surface area contributed by atoms with Gasteiger partial charge in [0.05, 0.1) is 0 Å². The van der Waals surface area contributed by atoms with Crippen LogP contribution in [-0.4, -0.2) is 5.97 Å². The van der Waals surface area contributed by atoms with Gasteiger partial charge in [0.2, 0.25) is 0 Å². The molecule has 0 heterocycles. The number of hydrogen-bond acceptors (Lipinski definition) is 2. The third kappa shape index (κ3) is 2.60. The van der Waals surface area contributed by atoms with E-state index in [0.717, 1.165) is 27.1 Å². The number of esters is 1. The summed E-state index contributed by atoms with van der Waals surface area (Å²) in [6.07, 6.45) is 0. The fourth-order valence-electron chi connectivity index (χ4n) is 2.68. The molecule has 0 saturated carbocycles. The molecule has 0 saturated heterocycles. The number of carbonyl (C=O) groups is 1. The van der Waals surface area contributed by atoms with E-state index in [-0.39, 0.29) is 12.6 Å². The van der Waals surface area contributed by atoms with Crippen LogP contribution in [0.25, 0.3) is 21.5 Å². The van der Waals surface area contributed by atoms with Crippen LogP contribution in [0.1, 0.15) is 18.1 Å². The molecule has 0 N–H and O–H groups in total. The lowest BCUT2D eigenvalue weighted by Gasteiger charge is -2.13. The molecule has 3 aromatic rings. The molecule has 0 aliphatic heterocycles. The number of carbonyl (C=O) groups excluding carboxylic acids is 1. The molecule has 3 aromatic carbocycles. The average molecular weight is 290 g/mol. The summed E-state index contributed by atoms with van der Waals surface area (Å²) >= 11 is 0. The van der Waals surface area contributed by atoms with Crippen LogP contribution in [-0.2, 0) is 16.1 Å². The summed E-state index contributed by atoms with van der Waals surface area (Å²) < 4.78 is 5.41. The Morgan fingerprint density at radius 2 is 1.77 bits per heavy atom. The first kappa shape index (κ1) is 14.3. The van der Waals surface area contributed by atoms with Gasteiger partial charge in [0, 0.05) is 11.1 Å². The Morgan fingerprint density at radius 3 is 2.55 bits per heavy atom. The predicted molar refractivity (Wildman–Crippen MR) is 90.8 cm³/mol.